The molecule has 104 valence electrons. The lowest BCUT2D eigenvalue weighted by atomic mass is 9.94. The van der Waals surface area contributed by atoms with Gasteiger partial charge in [-0.25, -0.2) is 0 Å². The predicted molar refractivity (Wildman–Crippen MR) is 78.0 cm³/mol. The highest BCUT2D eigenvalue weighted by molar-refractivity contribution is 5.76. The molecule has 1 aliphatic rings. The Labute approximate surface area is 115 Å². The van der Waals surface area contributed by atoms with E-state index in [1.807, 2.05) is 0 Å². The molecule has 0 bridgehead atoms. The fraction of sp³-hybridized carbons (Fsp3) is 0.562. The van der Waals surface area contributed by atoms with E-state index in [0.29, 0.717) is 18.9 Å². The van der Waals surface area contributed by atoms with Gasteiger partial charge in [-0.15, -0.1) is 0 Å². The second-order valence-corrected chi connectivity index (χ2v) is 5.60. The quantitative estimate of drug-likeness (QED) is 0.872. The minimum absolute atomic E-state index is 0.187. The molecular formula is C16H24N2O. The fourth-order valence-electron chi connectivity index (χ4n) is 2.66. The zero-order valence-corrected chi connectivity index (χ0v) is 12.0. The van der Waals surface area contributed by atoms with Crippen molar-refractivity contribution < 1.29 is 4.79 Å². The van der Waals surface area contributed by atoms with E-state index in [2.05, 4.69) is 42.7 Å². The van der Waals surface area contributed by atoms with Crippen molar-refractivity contribution in [1.29, 1.82) is 0 Å². The Morgan fingerprint density at radius 3 is 2.74 bits per heavy atom. The van der Waals surface area contributed by atoms with Crippen molar-refractivity contribution in [3.8, 4) is 0 Å². The number of hydrogen-bond acceptors (Lipinski definition) is 2. The molecule has 3 nitrogen and oxygen atoms in total. The van der Waals surface area contributed by atoms with Crippen LogP contribution < -0.4 is 10.6 Å². The van der Waals surface area contributed by atoms with Crippen LogP contribution in [0.15, 0.2) is 18.2 Å². The summed E-state index contributed by atoms with van der Waals surface area (Å²) in [5.74, 6) is 0.743. The number of nitrogens with one attached hydrogen (secondary N) is 2. The second-order valence-electron chi connectivity index (χ2n) is 5.60. The lowest BCUT2D eigenvalue weighted by molar-refractivity contribution is -0.122. The summed E-state index contributed by atoms with van der Waals surface area (Å²) < 4.78 is 0. The van der Waals surface area contributed by atoms with Crippen LogP contribution in [0, 0.1) is 19.8 Å². The van der Waals surface area contributed by atoms with E-state index in [1.165, 1.54) is 16.7 Å². The summed E-state index contributed by atoms with van der Waals surface area (Å²) in [6.45, 7) is 6.94. The lowest BCUT2D eigenvalue weighted by Gasteiger charge is -2.22. The SMILES string of the molecule is Cc1ccc(CNC(=O)CC2CCNCC2)c(C)c1. The van der Waals surface area contributed by atoms with E-state index in [-0.39, 0.29) is 5.91 Å². The van der Waals surface area contributed by atoms with Gasteiger partial charge in [0, 0.05) is 13.0 Å². The van der Waals surface area contributed by atoms with Crippen molar-refractivity contribution in [3.63, 3.8) is 0 Å². The number of carbonyl (C=O) groups is 1. The average Bonchev–Trinajstić information content (AvgIpc) is 2.39. The maximum atomic E-state index is 11.9. The van der Waals surface area contributed by atoms with Crippen molar-refractivity contribution in [2.45, 2.75) is 39.7 Å². The van der Waals surface area contributed by atoms with Gasteiger partial charge in [-0.1, -0.05) is 23.8 Å². The van der Waals surface area contributed by atoms with E-state index in [1.54, 1.807) is 0 Å². The highest BCUT2D eigenvalue weighted by Crippen LogP contribution is 2.16. The fourth-order valence-corrected chi connectivity index (χ4v) is 2.66. The van der Waals surface area contributed by atoms with Crippen molar-refractivity contribution in [2.75, 3.05) is 13.1 Å². The van der Waals surface area contributed by atoms with Crippen LogP contribution >= 0.6 is 0 Å². The molecule has 1 fully saturated rings. The van der Waals surface area contributed by atoms with Crippen molar-refractivity contribution in [3.05, 3.63) is 34.9 Å². The molecule has 2 rings (SSSR count). The molecule has 0 radical (unpaired) electrons. The van der Waals surface area contributed by atoms with E-state index < -0.39 is 0 Å². The monoisotopic (exact) mass is 260 g/mol. The summed E-state index contributed by atoms with van der Waals surface area (Å²) in [4.78, 5) is 11.9. The summed E-state index contributed by atoms with van der Waals surface area (Å²) in [5, 5.41) is 6.37. The van der Waals surface area contributed by atoms with Gasteiger partial charge in [-0.05, 0) is 56.8 Å². The number of aryl methyl sites for hydroxylation is 2. The smallest absolute Gasteiger partial charge is 0.220 e. The Morgan fingerprint density at radius 2 is 2.05 bits per heavy atom. The number of benzene rings is 1. The molecule has 2 N–H and O–H groups in total. The van der Waals surface area contributed by atoms with Gasteiger partial charge in [0.1, 0.15) is 0 Å². The minimum Gasteiger partial charge on any atom is -0.352 e. The standard InChI is InChI=1S/C16H24N2O/c1-12-3-4-15(13(2)9-12)11-18-16(19)10-14-5-7-17-8-6-14/h3-4,9,14,17H,5-8,10-11H2,1-2H3,(H,18,19). The second kappa shape index (κ2) is 6.71. The maximum absolute atomic E-state index is 11.9. The molecular weight excluding hydrogens is 236 g/mol. The zero-order chi connectivity index (χ0) is 13.7. The van der Waals surface area contributed by atoms with Gasteiger partial charge in [-0.2, -0.15) is 0 Å². The first kappa shape index (κ1) is 14.1. The Kier molecular flexibility index (Phi) is 4.97. The molecule has 3 heteroatoms. The molecule has 1 aromatic rings. The summed E-state index contributed by atoms with van der Waals surface area (Å²) >= 11 is 0. The summed E-state index contributed by atoms with van der Waals surface area (Å²) in [6.07, 6.45) is 2.92. The first-order valence-electron chi connectivity index (χ1n) is 7.18. The Morgan fingerprint density at radius 1 is 1.32 bits per heavy atom. The number of carbonyl (C=O) groups excluding carboxylic acids is 1. The van der Waals surface area contributed by atoms with E-state index >= 15 is 0 Å². The van der Waals surface area contributed by atoms with Crippen molar-refractivity contribution >= 4 is 5.91 Å². The number of piperidine rings is 1. The van der Waals surface area contributed by atoms with Gasteiger partial charge >= 0.3 is 0 Å². The molecule has 0 unspecified atom stereocenters. The molecule has 0 aliphatic carbocycles. The van der Waals surface area contributed by atoms with Crippen LogP contribution in [0.2, 0.25) is 0 Å². The van der Waals surface area contributed by atoms with Crippen LogP contribution in [0.1, 0.15) is 36.0 Å². The molecule has 1 saturated heterocycles. The lowest BCUT2D eigenvalue weighted by Crippen LogP contribution is -2.32. The van der Waals surface area contributed by atoms with Gasteiger partial charge in [0.05, 0.1) is 0 Å². The topological polar surface area (TPSA) is 41.1 Å². The zero-order valence-electron chi connectivity index (χ0n) is 12.0. The summed E-state index contributed by atoms with van der Waals surface area (Å²) in [5.41, 5.74) is 3.73. The van der Waals surface area contributed by atoms with E-state index in [0.717, 1.165) is 25.9 Å². The predicted octanol–water partition coefficient (Wildman–Crippen LogP) is 2.31. The number of amides is 1. The van der Waals surface area contributed by atoms with Gasteiger partial charge < -0.3 is 10.6 Å². The van der Waals surface area contributed by atoms with Crippen LogP contribution in [-0.4, -0.2) is 19.0 Å². The van der Waals surface area contributed by atoms with Crippen LogP contribution in [-0.2, 0) is 11.3 Å². The molecule has 0 saturated carbocycles. The number of hydrogen-bond donors (Lipinski definition) is 2. The van der Waals surface area contributed by atoms with Crippen molar-refractivity contribution in [2.24, 2.45) is 5.92 Å². The van der Waals surface area contributed by atoms with E-state index in [4.69, 9.17) is 0 Å². The van der Waals surface area contributed by atoms with Gasteiger partial charge in [-0.3, -0.25) is 4.79 Å². The molecule has 0 aromatic heterocycles. The highest BCUT2D eigenvalue weighted by Gasteiger charge is 2.16. The highest BCUT2D eigenvalue weighted by atomic mass is 16.1. The Hall–Kier alpha value is -1.35. The molecule has 1 aromatic carbocycles. The van der Waals surface area contributed by atoms with Gasteiger partial charge in [0.15, 0.2) is 0 Å². The molecule has 1 amide bonds. The van der Waals surface area contributed by atoms with Crippen LogP contribution in [0.3, 0.4) is 0 Å². The summed E-state index contributed by atoms with van der Waals surface area (Å²) in [6, 6.07) is 6.37. The van der Waals surface area contributed by atoms with Crippen LogP contribution in [0.5, 0.6) is 0 Å². The third-order valence-corrected chi connectivity index (χ3v) is 3.91. The number of rotatable bonds is 4. The molecule has 0 atom stereocenters. The molecule has 1 heterocycles. The molecule has 1 aliphatic heterocycles. The largest absolute Gasteiger partial charge is 0.352 e. The minimum atomic E-state index is 0.187. The molecule has 0 spiro atoms. The first-order valence-corrected chi connectivity index (χ1v) is 7.18. The Bertz CT molecular complexity index is 436. The third kappa shape index (κ3) is 4.35. The normalized spacial score (nSPS) is 16.3. The summed E-state index contributed by atoms with van der Waals surface area (Å²) in [7, 11) is 0. The first-order chi connectivity index (χ1) is 9.15. The van der Waals surface area contributed by atoms with E-state index in [9.17, 15) is 4.79 Å². The van der Waals surface area contributed by atoms with Crippen molar-refractivity contribution in [1.82, 2.24) is 10.6 Å². The average molecular weight is 260 g/mol. The third-order valence-electron chi connectivity index (χ3n) is 3.91. The Balaban J connectivity index is 1.79. The van der Waals surface area contributed by atoms with Crippen LogP contribution in [0.4, 0.5) is 0 Å². The van der Waals surface area contributed by atoms with Gasteiger partial charge in [0.2, 0.25) is 5.91 Å². The van der Waals surface area contributed by atoms with Gasteiger partial charge in [0.25, 0.3) is 0 Å². The van der Waals surface area contributed by atoms with Crippen LogP contribution in [0.25, 0.3) is 0 Å². The molecule has 19 heavy (non-hydrogen) atoms. The maximum Gasteiger partial charge on any atom is 0.220 e.